The van der Waals surface area contributed by atoms with Gasteiger partial charge in [0.2, 0.25) is 5.75 Å². The molecule has 0 aliphatic carbocycles. The minimum atomic E-state index is -0.600. The van der Waals surface area contributed by atoms with Gasteiger partial charge in [-0.3, -0.25) is 25.0 Å². The summed E-state index contributed by atoms with van der Waals surface area (Å²) < 4.78 is 8.12. The standard InChI is InChI=1S/C26H21Br2N5O6/c1-3-15(2)25-30-22-8-7-18(27)11-21(22)26(34)31(25)29-13-17-10-19(28)12-23(33(37)38)24(17)39-14-16-5-4-6-20(9-16)32(35)36/h4-13,15H,3,14H2,1-2H3/t15-/m0/s1. The topological polar surface area (TPSA) is 143 Å². The van der Waals surface area contributed by atoms with Crippen molar-refractivity contribution >= 4 is 60.4 Å². The molecular formula is C26H21Br2N5O6. The number of rotatable bonds is 9. The number of non-ortho nitro benzene ring substituents is 1. The normalized spacial score (nSPS) is 12.1. The van der Waals surface area contributed by atoms with Crippen LogP contribution in [-0.4, -0.2) is 25.7 Å². The first-order valence-corrected chi connectivity index (χ1v) is 13.3. The van der Waals surface area contributed by atoms with Crippen LogP contribution in [0.4, 0.5) is 11.4 Å². The summed E-state index contributed by atoms with van der Waals surface area (Å²) in [5, 5.41) is 27.8. The van der Waals surface area contributed by atoms with Gasteiger partial charge in [0.25, 0.3) is 11.2 Å². The fourth-order valence-electron chi connectivity index (χ4n) is 3.80. The summed E-state index contributed by atoms with van der Waals surface area (Å²) in [5.74, 6) is 0.231. The Morgan fingerprint density at radius 3 is 2.54 bits per heavy atom. The van der Waals surface area contributed by atoms with Gasteiger partial charge in [-0.15, -0.1) is 0 Å². The van der Waals surface area contributed by atoms with Gasteiger partial charge in [0.15, 0.2) is 0 Å². The maximum Gasteiger partial charge on any atom is 0.312 e. The van der Waals surface area contributed by atoms with Crippen LogP contribution in [0.1, 0.15) is 43.1 Å². The molecule has 0 amide bonds. The van der Waals surface area contributed by atoms with Crippen molar-refractivity contribution in [3.05, 3.63) is 111 Å². The molecule has 0 spiro atoms. The van der Waals surface area contributed by atoms with Crippen molar-refractivity contribution in [1.29, 1.82) is 0 Å². The van der Waals surface area contributed by atoms with Crippen molar-refractivity contribution in [3.8, 4) is 5.75 Å². The highest BCUT2D eigenvalue weighted by molar-refractivity contribution is 9.10. The largest absolute Gasteiger partial charge is 0.481 e. The number of ether oxygens (including phenoxy) is 1. The molecule has 3 aromatic carbocycles. The van der Waals surface area contributed by atoms with E-state index in [1.807, 2.05) is 13.8 Å². The summed E-state index contributed by atoms with van der Waals surface area (Å²) in [5.41, 5.74) is 0.337. The van der Waals surface area contributed by atoms with Crippen LogP contribution in [-0.2, 0) is 6.61 Å². The molecule has 11 nitrogen and oxygen atoms in total. The number of benzene rings is 3. The molecule has 0 bridgehead atoms. The number of fused-ring (bicyclic) bond motifs is 1. The van der Waals surface area contributed by atoms with Gasteiger partial charge in [0, 0.05) is 38.6 Å². The van der Waals surface area contributed by atoms with Crippen molar-refractivity contribution < 1.29 is 14.6 Å². The van der Waals surface area contributed by atoms with Crippen LogP contribution in [0.25, 0.3) is 10.9 Å². The van der Waals surface area contributed by atoms with E-state index in [0.717, 1.165) is 0 Å². The van der Waals surface area contributed by atoms with Crippen molar-refractivity contribution in [3.63, 3.8) is 0 Å². The van der Waals surface area contributed by atoms with E-state index in [2.05, 4.69) is 41.9 Å². The highest BCUT2D eigenvalue weighted by atomic mass is 79.9. The molecule has 200 valence electrons. The van der Waals surface area contributed by atoms with Gasteiger partial charge in [0.05, 0.1) is 27.0 Å². The van der Waals surface area contributed by atoms with Crippen LogP contribution >= 0.6 is 31.9 Å². The number of nitro groups is 2. The van der Waals surface area contributed by atoms with Gasteiger partial charge in [-0.1, -0.05) is 57.8 Å². The molecule has 0 aliphatic heterocycles. The molecule has 0 saturated carbocycles. The Morgan fingerprint density at radius 1 is 1.08 bits per heavy atom. The van der Waals surface area contributed by atoms with E-state index >= 15 is 0 Å². The predicted molar refractivity (Wildman–Crippen MR) is 154 cm³/mol. The molecule has 1 heterocycles. The van der Waals surface area contributed by atoms with Crippen LogP contribution in [0, 0.1) is 20.2 Å². The fraction of sp³-hybridized carbons (Fsp3) is 0.192. The molecule has 4 aromatic rings. The predicted octanol–water partition coefficient (Wildman–Crippen LogP) is 6.71. The molecule has 1 aromatic heterocycles. The van der Waals surface area contributed by atoms with Crippen molar-refractivity contribution in [2.45, 2.75) is 32.8 Å². The van der Waals surface area contributed by atoms with E-state index in [9.17, 15) is 25.0 Å². The number of nitrogens with zero attached hydrogens (tertiary/aromatic N) is 5. The van der Waals surface area contributed by atoms with Crippen molar-refractivity contribution in [1.82, 2.24) is 9.66 Å². The van der Waals surface area contributed by atoms with Crippen LogP contribution in [0.3, 0.4) is 0 Å². The lowest BCUT2D eigenvalue weighted by Crippen LogP contribution is -2.23. The van der Waals surface area contributed by atoms with E-state index in [0.29, 0.717) is 37.7 Å². The van der Waals surface area contributed by atoms with Crippen LogP contribution < -0.4 is 10.3 Å². The first-order chi connectivity index (χ1) is 18.6. The van der Waals surface area contributed by atoms with E-state index in [1.54, 1.807) is 30.3 Å². The molecule has 0 N–H and O–H groups in total. The number of halogens is 2. The zero-order valence-corrected chi connectivity index (χ0v) is 23.9. The minimum absolute atomic E-state index is 0.104. The van der Waals surface area contributed by atoms with Crippen molar-refractivity contribution in [2.75, 3.05) is 0 Å². The number of hydrogen-bond acceptors (Lipinski definition) is 8. The molecule has 0 unspecified atom stereocenters. The Hall–Kier alpha value is -3.97. The lowest BCUT2D eigenvalue weighted by atomic mass is 10.1. The number of aromatic nitrogens is 2. The molecule has 4 rings (SSSR count). The van der Waals surface area contributed by atoms with Crippen LogP contribution in [0.5, 0.6) is 5.75 Å². The molecule has 39 heavy (non-hydrogen) atoms. The fourth-order valence-corrected chi connectivity index (χ4v) is 4.63. The lowest BCUT2D eigenvalue weighted by molar-refractivity contribution is -0.386. The number of hydrogen-bond donors (Lipinski definition) is 0. The van der Waals surface area contributed by atoms with E-state index in [-0.39, 0.29) is 35.2 Å². The highest BCUT2D eigenvalue weighted by Crippen LogP contribution is 2.35. The second-order valence-corrected chi connectivity index (χ2v) is 10.4. The van der Waals surface area contributed by atoms with Gasteiger partial charge in [-0.25, -0.2) is 4.98 Å². The quantitative estimate of drug-likeness (QED) is 0.110. The lowest BCUT2D eigenvalue weighted by Gasteiger charge is -2.14. The second kappa shape index (κ2) is 11.8. The average molecular weight is 659 g/mol. The summed E-state index contributed by atoms with van der Waals surface area (Å²) in [6.45, 7) is 3.72. The first-order valence-electron chi connectivity index (χ1n) is 11.7. The Balaban J connectivity index is 1.82. The zero-order valence-electron chi connectivity index (χ0n) is 20.7. The third-order valence-corrected chi connectivity index (χ3v) is 6.91. The Morgan fingerprint density at radius 2 is 1.85 bits per heavy atom. The zero-order chi connectivity index (χ0) is 28.3. The SMILES string of the molecule is CC[C@H](C)c1nc2ccc(Br)cc2c(=O)n1N=Cc1cc(Br)cc([N+](=O)[O-])c1OCc1cccc([N+](=O)[O-])c1. The highest BCUT2D eigenvalue weighted by Gasteiger charge is 2.22. The Bertz CT molecular complexity index is 1690. The van der Waals surface area contributed by atoms with Crippen LogP contribution in [0.15, 0.2) is 73.4 Å². The molecule has 1 atom stereocenters. The monoisotopic (exact) mass is 657 g/mol. The Kier molecular flexibility index (Phi) is 8.51. The van der Waals surface area contributed by atoms with Gasteiger partial charge >= 0.3 is 5.69 Å². The van der Waals surface area contributed by atoms with E-state index < -0.39 is 15.4 Å². The molecule has 0 aliphatic rings. The van der Waals surface area contributed by atoms with Crippen LogP contribution in [0.2, 0.25) is 0 Å². The number of nitro benzene ring substituents is 2. The average Bonchev–Trinajstić information content (AvgIpc) is 2.91. The minimum Gasteiger partial charge on any atom is -0.481 e. The Labute approximate surface area is 238 Å². The van der Waals surface area contributed by atoms with E-state index in [4.69, 9.17) is 4.74 Å². The maximum atomic E-state index is 13.5. The molecule has 0 radical (unpaired) electrons. The smallest absolute Gasteiger partial charge is 0.312 e. The maximum absolute atomic E-state index is 13.5. The summed E-state index contributed by atoms with van der Waals surface area (Å²) in [6, 6.07) is 13.8. The first kappa shape index (κ1) is 28.0. The summed E-state index contributed by atoms with van der Waals surface area (Å²) >= 11 is 6.66. The molecule has 0 saturated heterocycles. The summed E-state index contributed by atoms with van der Waals surface area (Å²) in [4.78, 5) is 40.0. The summed E-state index contributed by atoms with van der Waals surface area (Å²) in [7, 11) is 0. The summed E-state index contributed by atoms with van der Waals surface area (Å²) in [6.07, 6.45) is 2.00. The molecule has 13 heteroatoms. The van der Waals surface area contributed by atoms with Gasteiger partial charge in [-0.05, 0) is 36.2 Å². The third-order valence-electron chi connectivity index (χ3n) is 5.96. The van der Waals surface area contributed by atoms with E-state index in [1.165, 1.54) is 35.2 Å². The van der Waals surface area contributed by atoms with Gasteiger partial charge < -0.3 is 4.74 Å². The van der Waals surface area contributed by atoms with Gasteiger partial charge in [0.1, 0.15) is 12.4 Å². The van der Waals surface area contributed by atoms with Gasteiger partial charge in [-0.2, -0.15) is 9.78 Å². The molecule has 0 fully saturated rings. The van der Waals surface area contributed by atoms with Crippen molar-refractivity contribution in [2.24, 2.45) is 5.10 Å². The second-order valence-electron chi connectivity index (χ2n) is 8.62. The third kappa shape index (κ3) is 6.20. The molecular weight excluding hydrogens is 638 g/mol.